The zero-order valence-electron chi connectivity index (χ0n) is 13.4. The van der Waals surface area contributed by atoms with E-state index in [2.05, 4.69) is 17.6 Å². The van der Waals surface area contributed by atoms with Crippen LogP contribution >= 0.6 is 12.6 Å². The van der Waals surface area contributed by atoms with E-state index in [1.165, 1.54) is 24.4 Å². The second kappa shape index (κ2) is 7.45. The number of H-pyrrole nitrogens is 1. The zero-order chi connectivity index (χ0) is 18.7. The van der Waals surface area contributed by atoms with E-state index in [1.807, 2.05) is 6.07 Å². The van der Waals surface area contributed by atoms with E-state index in [1.54, 1.807) is 24.3 Å². The van der Waals surface area contributed by atoms with Crippen LogP contribution < -0.4 is 0 Å². The number of carboxylic acid groups (broad SMARTS) is 1. The molecule has 0 unspecified atom stereocenters. The summed E-state index contributed by atoms with van der Waals surface area (Å²) in [6.45, 7) is -0.0272. The summed E-state index contributed by atoms with van der Waals surface area (Å²) < 4.78 is 18.9. The first kappa shape index (κ1) is 17.8. The van der Waals surface area contributed by atoms with Crippen LogP contribution in [0.2, 0.25) is 0 Å². The number of esters is 1. The normalized spacial score (nSPS) is 11.9. The molecule has 132 valence electrons. The van der Waals surface area contributed by atoms with Gasteiger partial charge >= 0.3 is 11.9 Å². The molecule has 3 aromatic rings. The van der Waals surface area contributed by atoms with Crippen LogP contribution in [0.5, 0.6) is 0 Å². The second-order valence-corrected chi connectivity index (χ2v) is 5.93. The Morgan fingerprint density at radius 1 is 1.15 bits per heavy atom. The molecule has 0 aliphatic heterocycles. The average molecular weight is 371 g/mol. The molecule has 0 atom stereocenters. The Kier molecular flexibility index (Phi) is 5.09. The average Bonchev–Trinajstić information content (AvgIpc) is 3.03. The molecule has 0 bridgehead atoms. The number of carbonyl (C=O) groups excluding carboxylic acids is 1. The Labute approximate surface area is 153 Å². The van der Waals surface area contributed by atoms with Gasteiger partial charge in [0.15, 0.2) is 0 Å². The number of aromatic amines is 1. The SMILES string of the molecule is O=C(O)C(S)=C(C(=O)OCc1ccccc1)c1c[nH]c2ccc(F)cc12. The standard InChI is InChI=1S/C19H14FNO4S/c20-12-6-7-15-13(8-12)14(9-21-15)16(17(26)18(22)23)19(24)25-10-11-4-2-1-3-5-11/h1-9,21,26H,10H2,(H,22,23). The highest BCUT2D eigenvalue weighted by Gasteiger charge is 2.24. The van der Waals surface area contributed by atoms with Gasteiger partial charge in [-0.05, 0) is 23.8 Å². The van der Waals surface area contributed by atoms with Gasteiger partial charge < -0.3 is 14.8 Å². The Hall–Kier alpha value is -3.06. The van der Waals surface area contributed by atoms with Gasteiger partial charge in [-0.3, -0.25) is 0 Å². The number of hydrogen-bond acceptors (Lipinski definition) is 4. The number of nitrogens with one attached hydrogen (secondary N) is 1. The van der Waals surface area contributed by atoms with E-state index in [-0.39, 0.29) is 17.7 Å². The number of aliphatic carboxylic acids is 1. The fourth-order valence-electron chi connectivity index (χ4n) is 2.54. The van der Waals surface area contributed by atoms with Gasteiger partial charge in [0.25, 0.3) is 0 Å². The summed E-state index contributed by atoms with van der Waals surface area (Å²) in [4.78, 5) is 26.4. The first-order chi connectivity index (χ1) is 12.5. The lowest BCUT2D eigenvalue weighted by Crippen LogP contribution is -2.11. The van der Waals surface area contributed by atoms with Crippen molar-refractivity contribution in [2.24, 2.45) is 0 Å². The van der Waals surface area contributed by atoms with Gasteiger partial charge in [-0.2, -0.15) is 0 Å². The van der Waals surface area contributed by atoms with Crippen LogP contribution in [0.25, 0.3) is 16.5 Å². The molecule has 0 aliphatic carbocycles. The maximum absolute atomic E-state index is 13.6. The van der Waals surface area contributed by atoms with Crippen molar-refractivity contribution in [2.45, 2.75) is 6.61 Å². The van der Waals surface area contributed by atoms with Gasteiger partial charge in [0.1, 0.15) is 17.3 Å². The molecule has 0 saturated heterocycles. The van der Waals surface area contributed by atoms with Gasteiger partial charge in [0.05, 0.1) is 5.57 Å². The lowest BCUT2D eigenvalue weighted by molar-refractivity contribution is -0.138. The molecular formula is C19H14FNO4S. The molecule has 0 radical (unpaired) electrons. The molecule has 5 nitrogen and oxygen atoms in total. The summed E-state index contributed by atoms with van der Waals surface area (Å²) in [5.74, 6) is -2.75. The van der Waals surface area contributed by atoms with E-state index < -0.39 is 22.7 Å². The molecule has 0 aliphatic rings. The smallest absolute Gasteiger partial charge is 0.342 e. The Bertz CT molecular complexity index is 1010. The van der Waals surface area contributed by atoms with Crippen molar-refractivity contribution in [3.05, 3.63) is 76.6 Å². The van der Waals surface area contributed by atoms with Gasteiger partial charge in [-0.25, -0.2) is 14.0 Å². The maximum atomic E-state index is 13.6. The van der Waals surface area contributed by atoms with Crippen molar-refractivity contribution < 1.29 is 23.8 Å². The van der Waals surface area contributed by atoms with Crippen LogP contribution in [0, 0.1) is 5.82 Å². The number of carboxylic acids is 1. The van der Waals surface area contributed by atoms with Crippen LogP contribution in [-0.2, 0) is 20.9 Å². The number of rotatable bonds is 5. The minimum absolute atomic E-state index is 0.0272. The molecule has 3 rings (SSSR count). The molecule has 26 heavy (non-hydrogen) atoms. The van der Waals surface area contributed by atoms with Gasteiger partial charge in [-0.15, -0.1) is 12.6 Å². The topological polar surface area (TPSA) is 79.4 Å². The van der Waals surface area contributed by atoms with Crippen LogP contribution in [0.3, 0.4) is 0 Å². The minimum Gasteiger partial charge on any atom is -0.477 e. The van der Waals surface area contributed by atoms with Crippen LogP contribution in [0.1, 0.15) is 11.1 Å². The van der Waals surface area contributed by atoms with Crippen molar-refractivity contribution in [1.29, 1.82) is 0 Å². The fourth-order valence-corrected chi connectivity index (χ4v) is 2.75. The van der Waals surface area contributed by atoms with E-state index in [9.17, 15) is 19.1 Å². The number of benzene rings is 2. The predicted molar refractivity (Wildman–Crippen MR) is 98.0 cm³/mol. The molecule has 2 aromatic carbocycles. The fraction of sp³-hybridized carbons (Fsp3) is 0.0526. The highest BCUT2D eigenvalue weighted by molar-refractivity contribution is 7.86. The number of carbonyl (C=O) groups is 2. The number of ether oxygens (including phenoxy) is 1. The Morgan fingerprint density at radius 3 is 2.58 bits per heavy atom. The summed E-state index contributed by atoms with van der Waals surface area (Å²) in [5, 5.41) is 9.65. The maximum Gasteiger partial charge on any atom is 0.342 e. The summed E-state index contributed by atoms with van der Waals surface area (Å²) in [7, 11) is 0. The zero-order valence-corrected chi connectivity index (χ0v) is 14.3. The summed E-state index contributed by atoms with van der Waals surface area (Å²) in [5.41, 5.74) is 1.28. The molecule has 0 spiro atoms. The van der Waals surface area contributed by atoms with E-state index in [4.69, 9.17) is 4.74 Å². The third kappa shape index (κ3) is 3.62. The van der Waals surface area contributed by atoms with Crippen molar-refractivity contribution in [1.82, 2.24) is 4.98 Å². The first-order valence-corrected chi connectivity index (χ1v) is 8.06. The molecular weight excluding hydrogens is 357 g/mol. The highest BCUT2D eigenvalue weighted by atomic mass is 32.1. The molecule has 0 fully saturated rings. The minimum atomic E-state index is -1.38. The predicted octanol–water partition coefficient (Wildman–Crippen LogP) is 3.78. The van der Waals surface area contributed by atoms with E-state index in [0.717, 1.165) is 5.56 Å². The molecule has 1 heterocycles. The van der Waals surface area contributed by atoms with E-state index >= 15 is 0 Å². The molecule has 0 amide bonds. The molecule has 0 saturated carbocycles. The summed E-state index contributed by atoms with van der Waals surface area (Å²) in [6.07, 6.45) is 1.43. The largest absolute Gasteiger partial charge is 0.477 e. The van der Waals surface area contributed by atoms with Crippen molar-refractivity contribution in [2.75, 3.05) is 0 Å². The number of thiol groups is 1. The van der Waals surface area contributed by atoms with Crippen LogP contribution in [-0.4, -0.2) is 22.0 Å². The highest BCUT2D eigenvalue weighted by Crippen LogP contribution is 2.30. The molecule has 7 heteroatoms. The van der Waals surface area contributed by atoms with Crippen LogP contribution in [0.4, 0.5) is 4.39 Å². The van der Waals surface area contributed by atoms with Gasteiger partial charge in [0, 0.05) is 22.7 Å². The van der Waals surface area contributed by atoms with Crippen LogP contribution in [0.15, 0.2) is 59.6 Å². The number of fused-ring (bicyclic) bond motifs is 1. The third-order valence-electron chi connectivity index (χ3n) is 3.77. The van der Waals surface area contributed by atoms with E-state index in [0.29, 0.717) is 10.9 Å². The van der Waals surface area contributed by atoms with Crippen molar-refractivity contribution >= 4 is 41.0 Å². The third-order valence-corrected chi connectivity index (χ3v) is 4.18. The second-order valence-electron chi connectivity index (χ2n) is 5.48. The number of halogens is 1. The monoisotopic (exact) mass is 371 g/mol. The van der Waals surface area contributed by atoms with Gasteiger partial charge in [0.2, 0.25) is 0 Å². The first-order valence-electron chi connectivity index (χ1n) is 7.62. The van der Waals surface area contributed by atoms with Crippen molar-refractivity contribution in [3.8, 4) is 0 Å². The lowest BCUT2D eigenvalue weighted by Gasteiger charge is -2.10. The summed E-state index contributed by atoms with van der Waals surface area (Å²) >= 11 is 3.95. The Balaban J connectivity index is 2.00. The van der Waals surface area contributed by atoms with Crippen molar-refractivity contribution in [3.63, 3.8) is 0 Å². The number of hydrogen-bond donors (Lipinski definition) is 3. The number of aromatic nitrogens is 1. The Morgan fingerprint density at radius 2 is 1.88 bits per heavy atom. The molecule has 2 N–H and O–H groups in total. The molecule has 1 aromatic heterocycles. The quantitative estimate of drug-likeness (QED) is 0.362. The lowest BCUT2D eigenvalue weighted by atomic mass is 10.0. The summed E-state index contributed by atoms with van der Waals surface area (Å²) in [6, 6.07) is 12.9. The van der Waals surface area contributed by atoms with Gasteiger partial charge in [-0.1, -0.05) is 30.3 Å².